The van der Waals surface area contributed by atoms with Crippen LogP contribution in [-0.4, -0.2) is 31.8 Å². The SMILES string of the molecule is CC[C@@H]1C(=O)N(C(=O)NCCc2ccc(S(N)(=O)=O)cc2)C=C1C. The van der Waals surface area contributed by atoms with E-state index >= 15 is 0 Å². The molecule has 0 spiro atoms. The molecule has 2 rings (SSSR count). The first-order chi connectivity index (χ1) is 11.2. The van der Waals surface area contributed by atoms with Crippen LogP contribution in [0, 0.1) is 5.92 Å². The van der Waals surface area contributed by atoms with Crippen LogP contribution in [0.3, 0.4) is 0 Å². The van der Waals surface area contributed by atoms with E-state index in [0.29, 0.717) is 19.4 Å². The fraction of sp³-hybridized carbons (Fsp3) is 0.375. The van der Waals surface area contributed by atoms with Gasteiger partial charge in [-0.1, -0.05) is 19.1 Å². The first-order valence-electron chi connectivity index (χ1n) is 7.65. The van der Waals surface area contributed by atoms with Crippen molar-refractivity contribution in [1.82, 2.24) is 10.2 Å². The Bertz CT molecular complexity index is 769. The summed E-state index contributed by atoms with van der Waals surface area (Å²) in [6.45, 7) is 4.08. The van der Waals surface area contributed by atoms with Gasteiger partial charge < -0.3 is 5.32 Å². The van der Waals surface area contributed by atoms with E-state index in [1.807, 2.05) is 13.8 Å². The molecule has 24 heavy (non-hydrogen) atoms. The van der Waals surface area contributed by atoms with E-state index in [1.54, 1.807) is 18.3 Å². The van der Waals surface area contributed by atoms with Crippen LogP contribution in [0.25, 0.3) is 0 Å². The molecule has 0 saturated carbocycles. The zero-order valence-electron chi connectivity index (χ0n) is 13.7. The third-order valence-electron chi connectivity index (χ3n) is 3.99. The molecule has 1 aromatic rings. The lowest BCUT2D eigenvalue weighted by molar-refractivity contribution is -0.127. The van der Waals surface area contributed by atoms with Crippen molar-refractivity contribution in [2.24, 2.45) is 11.1 Å². The lowest BCUT2D eigenvalue weighted by Crippen LogP contribution is -2.40. The van der Waals surface area contributed by atoms with Gasteiger partial charge in [-0.25, -0.2) is 23.3 Å². The molecule has 0 bridgehead atoms. The number of sulfonamides is 1. The highest BCUT2D eigenvalue weighted by atomic mass is 32.2. The fourth-order valence-electron chi connectivity index (χ4n) is 2.62. The number of benzene rings is 1. The third kappa shape index (κ3) is 4.01. The fourth-order valence-corrected chi connectivity index (χ4v) is 3.14. The number of nitrogens with one attached hydrogen (secondary N) is 1. The quantitative estimate of drug-likeness (QED) is 0.834. The van der Waals surface area contributed by atoms with Crippen LogP contribution in [0.5, 0.6) is 0 Å². The van der Waals surface area contributed by atoms with Crippen LogP contribution in [0.1, 0.15) is 25.8 Å². The first kappa shape index (κ1) is 18.2. The predicted octanol–water partition coefficient (Wildman–Crippen LogP) is 1.36. The van der Waals surface area contributed by atoms with Crippen molar-refractivity contribution in [2.75, 3.05) is 6.54 Å². The number of primary sulfonamides is 1. The third-order valence-corrected chi connectivity index (χ3v) is 4.92. The van der Waals surface area contributed by atoms with Crippen molar-refractivity contribution >= 4 is 22.0 Å². The minimum Gasteiger partial charge on any atom is -0.337 e. The van der Waals surface area contributed by atoms with Gasteiger partial charge in [0.1, 0.15) is 0 Å². The number of hydrogen-bond acceptors (Lipinski definition) is 4. The number of nitrogens with zero attached hydrogens (tertiary/aromatic N) is 1. The number of nitrogens with two attached hydrogens (primary N) is 1. The summed E-state index contributed by atoms with van der Waals surface area (Å²) in [5, 5.41) is 7.73. The Morgan fingerprint density at radius 3 is 2.42 bits per heavy atom. The van der Waals surface area contributed by atoms with Crippen LogP contribution in [0.15, 0.2) is 40.9 Å². The Hall–Kier alpha value is -2.19. The summed E-state index contributed by atoms with van der Waals surface area (Å²) in [7, 11) is -3.70. The van der Waals surface area contributed by atoms with Crippen LogP contribution >= 0.6 is 0 Å². The predicted molar refractivity (Wildman–Crippen MR) is 89.3 cm³/mol. The van der Waals surface area contributed by atoms with Crippen molar-refractivity contribution in [2.45, 2.75) is 31.6 Å². The van der Waals surface area contributed by atoms with Crippen molar-refractivity contribution < 1.29 is 18.0 Å². The number of urea groups is 1. The minimum atomic E-state index is -3.70. The highest BCUT2D eigenvalue weighted by Gasteiger charge is 2.33. The van der Waals surface area contributed by atoms with Gasteiger partial charge in [-0.2, -0.15) is 0 Å². The average molecular weight is 351 g/mol. The zero-order valence-corrected chi connectivity index (χ0v) is 14.5. The molecular weight excluding hydrogens is 330 g/mol. The van der Waals surface area contributed by atoms with E-state index in [-0.39, 0.29) is 16.7 Å². The number of rotatable bonds is 5. The smallest absolute Gasteiger partial charge is 0.328 e. The standard InChI is InChI=1S/C16H21N3O4S/c1-3-14-11(2)10-19(15(14)20)16(21)18-9-8-12-4-6-13(7-5-12)24(17,22)23/h4-7,10,14H,3,8-9H2,1-2H3,(H,18,21)(H2,17,22,23)/t14-/m0/s1. The maximum Gasteiger partial charge on any atom is 0.328 e. The molecular formula is C16H21N3O4S. The van der Waals surface area contributed by atoms with E-state index in [1.165, 1.54) is 12.1 Å². The van der Waals surface area contributed by atoms with Crippen LogP contribution in [0.2, 0.25) is 0 Å². The van der Waals surface area contributed by atoms with Crippen molar-refractivity contribution in [3.8, 4) is 0 Å². The molecule has 1 aliphatic heterocycles. The summed E-state index contributed by atoms with van der Waals surface area (Å²) in [4.78, 5) is 25.4. The Kier molecular flexibility index (Phi) is 5.40. The molecule has 3 N–H and O–H groups in total. The largest absolute Gasteiger partial charge is 0.337 e. The Morgan fingerprint density at radius 1 is 1.29 bits per heavy atom. The van der Waals surface area contributed by atoms with Gasteiger partial charge in [-0.15, -0.1) is 0 Å². The summed E-state index contributed by atoms with van der Waals surface area (Å²) in [5.74, 6) is -0.425. The lowest BCUT2D eigenvalue weighted by atomic mass is 10.0. The van der Waals surface area contributed by atoms with Crippen molar-refractivity contribution in [1.29, 1.82) is 0 Å². The van der Waals surface area contributed by atoms with Gasteiger partial charge >= 0.3 is 6.03 Å². The van der Waals surface area contributed by atoms with E-state index in [4.69, 9.17) is 5.14 Å². The molecule has 0 aromatic heterocycles. The summed E-state index contributed by atoms with van der Waals surface area (Å²) in [6, 6.07) is 5.69. The Balaban J connectivity index is 1.88. The van der Waals surface area contributed by atoms with Crippen molar-refractivity contribution in [3.63, 3.8) is 0 Å². The molecule has 1 aromatic carbocycles. The minimum absolute atomic E-state index is 0.0455. The molecule has 1 aliphatic rings. The monoisotopic (exact) mass is 351 g/mol. The molecule has 0 radical (unpaired) electrons. The number of carbonyl (C=O) groups is 2. The zero-order chi connectivity index (χ0) is 17.9. The molecule has 8 heteroatoms. The summed E-state index contributed by atoms with van der Waals surface area (Å²) in [6.07, 6.45) is 2.76. The Morgan fingerprint density at radius 2 is 1.92 bits per heavy atom. The molecule has 0 unspecified atom stereocenters. The second kappa shape index (κ2) is 7.14. The molecule has 1 atom stereocenters. The summed E-state index contributed by atoms with van der Waals surface area (Å²) in [5.41, 5.74) is 1.74. The van der Waals surface area contributed by atoms with Gasteiger partial charge in [0.2, 0.25) is 15.9 Å². The highest BCUT2D eigenvalue weighted by Crippen LogP contribution is 2.25. The number of hydrogen-bond donors (Lipinski definition) is 2. The van der Waals surface area contributed by atoms with Gasteiger partial charge in [0.15, 0.2) is 0 Å². The second-order valence-corrected chi connectivity index (χ2v) is 7.27. The summed E-state index contributed by atoms with van der Waals surface area (Å²) < 4.78 is 22.4. The van der Waals surface area contributed by atoms with Gasteiger partial charge in [0.05, 0.1) is 10.8 Å². The Labute approximate surface area is 141 Å². The van der Waals surface area contributed by atoms with E-state index in [0.717, 1.165) is 16.0 Å². The summed E-state index contributed by atoms with van der Waals surface area (Å²) >= 11 is 0. The van der Waals surface area contributed by atoms with E-state index < -0.39 is 16.1 Å². The van der Waals surface area contributed by atoms with Gasteiger partial charge in [-0.3, -0.25) is 4.79 Å². The molecule has 0 saturated heterocycles. The first-order valence-corrected chi connectivity index (χ1v) is 9.19. The van der Waals surface area contributed by atoms with Crippen LogP contribution in [-0.2, 0) is 21.2 Å². The normalized spacial score (nSPS) is 17.8. The average Bonchev–Trinajstić information content (AvgIpc) is 2.81. The molecule has 0 fully saturated rings. The van der Waals surface area contributed by atoms with Gasteiger partial charge in [0, 0.05) is 12.7 Å². The second-order valence-electron chi connectivity index (χ2n) is 5.71. The number of amides is 3. The highest BCUT2D eigenvalue weighted by molar-refractivity contribution is 7.89. The topological polar surface area (TPSA) is 110 Å². The van der Waals surface area contributed by atoms with Crippen LogP contribution in [0.4, 0.5) is 4.79 Å². The van der Waals surface area contributed by atoms with Gasteiger partial charge in [-0.05, 0) is 43.0 Å². The molecule has 1 heterocycles. The molecule has 0 aliphatic carbocycles. The molecule has 130 valence electrons. The van der Waals surface area contributed by atoms with Crippen LogP contribution < -0.4 is 10.5 Å². The maximum absolute atomic E-state index is 12.1. The number of carbonyl (C=O) groups excluding carboxylic acids is 2. The number of imide groups is 1. The molecule has 3 amide bonds. The van der Waals surface area contributed by atoms with E-state index in [2.05, 4.69) is 5.32 Å². The van der Waals surface area contributed by atoms with E-state index in [9.17, 15) is 18.0 Å². The van der Waals surface area contributed by atoms with Crippen molar-refractivity contribution in [3.05, 3.63) is 41.6 Å². The lowest BCUT2D eigenvalue weighted by Gasteiger charge is -2.15. The maximum atomic E-state index is 12.1. The van der Waals surface area contributed by atoms with Gasteiger partial charge in [0.25, 0.3) is 0 Å². The molecule has 7 nitrogen and oxygen atoms in total.